The predicted octanol–water partition coefficient (Wildman–Crippen LogP) is 11.3. The Kier molecular flexibility index (Phi) is 16.4. The molecule has 354 valence electrons. The number of allylic oxidation sites excluding steroid dienone is 1. The first-order valence-corrected chi connectivity index (χ1v) is 24.4. The number of oxime groups is 1. The summed E-state index contributed by atoms with van der Waals surface area (Å²) < 4.78 is 35.6. The van der Waals surface area contributed by atoms with Crippen LogP contribution in [0.15, 0.2) is 127 Å². The van der Waals surface area contributed by atoms with Crippen LogP contribution >= 0.6 is 0 Å². The Morgan fingerprint density at radius 2 is 1.64 bits per heavy atom. The molecule has 4 aliphatic rings. The lowest BCUT2D eigenvalue weighted by Gasteiger charge is -2.60. The van der Waals surface area contributed by atoms with Crippen LogP contribution in [0.1, 0.15) is 116 Å². The number of carbonyl (C=O) groups is 2. The number of aldehydes is 1. The zero-order valence-corrected chi connectivity index (χ0v) is 38.5. The van der Waals surface area contributed by atoms with Gasteiger partial charge in [-0.15, -0.1) is 6.58 Å². The molecule has 6 atom stereocenters. The molecule has 11 heteroatoms. The quantitative estimate of drug-likeness (QED) is 0.0326. The molecule has 0 radical (unpaired) electrons. The molecular weight excluding hydrogens is 848 g/mol. The van der Waals surface area contributed by atoms with E-state index in [9.17, 15) is 19.4 Å². The highest BCUT2D eigenvalue weighted by molar-refractivity contribution is 6.03. The highest BCUT2D eigenvalue weighted by atomic mass is 19.1. The van der Waals surface area contributed by atoms with Crippen LogP contribution in [0, 0.1) is 29.5 Å². The zero-order chi connectivity index (χ0) is 46.6. The Balaban J connectivity index is 1.32. The SMILES string of the molecule is C=CCOC12Oc3ccc(Oc4cccc(C=O)c4)cc3C3C(CCCCO)C(CCCCO)C=C(C(=NOCc4ccccc4)CC1N(Cc1ccc(F)cc1)C(=O)CCC1CCCC1)C32. The maximum absolute atomic E-state index is 15.2. The molecule has 67 heavy (non-hydrogen) atoms. The summed E-state index contributed by atoms with van der Waals surface area (Å²) in [4.78, 5) is 35.2. The highest BCUT2D eigenvalue weighted by Crippen LogP contribution is 2.62. The van der Waals surface area contributed by atoms with Crippen molar-refractivity contribution < 1.29 is 43.2 Å². The van der Waals surface area contributed by atoms with Crippen LogP contribution in [-0.2, 0) is 27.5 Å². The number of hydrogen-bond acceptors (Lipinski definition) is 9. The minimum atomic E-state index is -1.45. The van der Waals surface area contributed by atoms with Crippen molar-refractivity contribution in [2.24, 2.45) is 28.8 Å². The van der Waals surface area contributed by atoms with Crippen LogP contribution in [0.5, 0.6) is 17.2 Å². The lowest BCUT2D eigenvalue weighted by Crippen LogP contribution is -2.70. The molecule has 0 bridgehead atoms. The number of fused-ring (bicyclic) bond motifs is 2. The molecule has 6 unspecified atom stereocenters. The van der Waals surface area contributed by atoms with Gasteiger partial charge in [0.15, 0.2) is 0 Å². The zero-order valence-electron chi connectivity index (χ0n) is 38.5. The van der Waals surface area contributed by atoms with Crippen LogP contribution in [-0.4, -0.2) is 64.7 Å². The van der Waals surface area contributed by atoms with Gasteiger partial charge in [0, 0.05) is 49.6 Å². The van der Waals surface area contributed by atoms with E-state index in [4.69, 9.17) is 24.2 Å². The van der Waals surface area contributed by atoms with Crippen molar-refractivity contribution in [3.05, 3.63) is 149 Å². The number of ether oxygens (including phenoxy) is 3. The van der Waals surface area contributed by atoms with E-state index in [1.165, 1.54) is 25.0 Å². The Morgan fingerprint density at radius 1 is 0.881 bits per heavy atom. The number of amides is 1. The van der Waals surface area contributed by atoms with Gasteiger partial charge in [0.25, 0.3) is 0 Å². The molecule has 1 amide bonds. The van der Waals surface area contributed by atoms with Crippen molar-refractivity contribution in [2.45, 2.75) is 114 Å². The molecule has 1 aliphatic heterocycles. The third kappa shape index (κ3) is 11.2. The molecule has 2 saturated carbocycles. The fourth-order valence-electron chi connectivity index (χ4n) is 11.2. The molecule has 8 rings (SSSR count). The van der Waals surface area contributed by atoms with E-state index >= 15 is 4.79 Å². The number of halogens is 1. The first-order chi connectivity index (χ1) is 32.8. The fraction of sp³-hybridized carbons (Fsp3) is 0.446. The fourth-order valence-corrected chi connectivity index (χ4v) is 11.2. The van der Waals surface area contributed by atoms with E-state index in [1.807, 2.05) is 59.5 Å². The van der Waals surface area contributed by atoms with Gasteiger partial charge >= 0.3 is 0 Å². The average molecular weight is 913 g/mol. The number of carbonyl (C=O) groups excluding carboxylic acids is 2. The smallest absolute Gasteiger partial charge is 0.239 e. The third-order valence-corrected chi connectivity index (χ3v) is 14.3. The normalized spacial score (nSPS) is 23.7. The average Bonchev–Trinajstić information content (AvgIpc) is 3.88. The van der Waals surface area contributed by atoms with Gasteiger partial charge < -0.3 is 34.2 Å². The standard InChI is InChI=1S/C56H65FN2O8/c1-2-31-64-56-52(59(36-40-21-24-44(57)25-22-40)53(63)28-23-39-13-6-7-14-39)35-50(58-65-38-41-15-4-3-5-16-41)48-33-43(18-8-10-29-60)47(20-9-11-30-61)54(55(48)56)49-34-46(26-27-51(49)67-56)66-45-19-12-17-42(32-45)37-62/h2-5,12,15-17,19,21-22,24-27,32-34,37,39,43,47,52,54-55,60-61H,1,6-11,13-14,18,20,23,28-31,35-36,38H2. The molecule has 0 saturated heterocycles. The summed E-state index contributed by atoms with van der Waals surface area (Å²) in [6.07, 6.45) is 15.2. The topological polar surface area (TPSA) is 127 Å². The Labute approximate surface area is 394 Å². The lowest BCUT2D eigenvalue weighted by atomic mass is 9.55. The maximum Gasteiger partial charge on any atom is 0.239 e. The van der Waals surface area contributed by atoms with Crippen LogP contribution < -0.4 is 9.47 Å². The van der Waals surface area contributed by atoms with Crippen molar-refractivity contribution in [1.29, 1.82) is 0 Å². The number of benzene rings is 4. The Hall–Kier alpha value is -5.62. The van der Waals surface area contributed by atoms with E-state index in [-0.39, 0.29) is 68.9 Å². The van der Waals surface area contributed by atoms with Crippen molar-refractivity contribution in [3.63, 3.8) is 0 Å². The summed E-state index contributed by atoms with van der Waals surface area (Å²) in [5.41, 5.74) is 4.79. The van der Waals surface area contributed by atoms with E-state index in [0.717, 1.165) is 73.5 Å². The van der Waals surface area contributed by atoms with Crippen molar-refractivity contribution in [1.82, 2.24) is 4.90 Å². The lowest BCUT2D eigenvalue weighted by molar-refractivity contribution is -0.258. The van der Waals surface area contributed by atoms with Crippen molar-refractivity contribution in [3.8, 4) is 17.2 Å². The third-order valence-electron chi connectivity index (χ3n) is 14.3. The minimum Gasteiger partial charge on any atom is -0.459 e. The molecule has 1 heterocycles. The van der Waals surface area contributed by atoms with Gasteiger partial charge in [0.05, 0.1) is 18.2 Å². The second-order valence-corrected chi connectivity index (χ2v) is 18.7. The van der Waals surface area contributed by atoms with Gasteiger partial charge in [0.1, 0.15) is 42.0 Å². The summed E-state index contributed by atoms with van der Waals surface area (Å²) in [6.45, 7) is 4.80. The molecular formula is C56H65FN2O8. The first kappa shape index (κ1) is 47.9. The molecule has 4 aromatic carbocycles. The first-order valence-electron chi connectivity index (χ1n) is 24.4. The van der Waals surface area contributed by atoms with Gasteiger partial charge in [-0.2, -0.15) is 0 Å². The molecule has 0 spiro atoms. The predicted molar refractivity (Wildman–Crippen MR) is 256 cm³/mol. The summed E-state index contributed by atoms with van der Waals surface area (Å²) in [5.74, 6) is -0.407. The second kappa shape index (κ2) is 22.9. The monoisotopic (exact) mass is 912 g/mol. The second-order valence-electron chi connectivity index (χ2n) is 18.7. The van der Waals surface area contributed by atoms with Crippen LogP contribution in [0.25, 0.3) is 0 Å². The molecule has 10 nitrogen and oxygen atoms in total. The maximum atomic E-state index is 15.2. The van der Waals surface area contributed by atoms with Gasteiger partial charge in [-0.05, 0) is 109 Å². The van der Waals surface area contributed by atoms with Gasteiger partial charge in [-0.1, -0.05) is 110 Å². The minimum absolute atomic E-state index is 0.0100. The summed E-state index contributed by atoms with van der Waals surface area (Å²) in [7, 11) is 0. The number of nitrogens with zero attached hydrogens (tertiary/aromatic N) is 2. The number of aliphatic hydroxyl groups excluding tert-OH is 2. The molecule has 0 aromatic heterocycles. The van der Waals surface area contributed by atoms with E-state index in [1.54, 1.807) is 36.4 Å². The molecule has 3 aliphatic carbocycles. The van der Waals surface area contributed by atoms with Gasteiger partial charge in [-0.3, -0.25) is 9.59 Å². The van der Waals surface area contributed by atoms with Crippen molar-refractivity contribution >= 4 is 17.9 Å². The van der Waals surface area contributed by atoms with Crippen LogP contribution in [0.3, 0.4) is 0 Å². The summed E-state index contributed by atoms with van der Waals surface area (Å²) >= 11 is 0. The van der Waals surface area contributed by atoms with E-state index in [2.05, 4.69) is 12.7 Å². The Morgan fingerprint density at radius 3 is 2.39 bits per heavy atom. The molecule has 4 aromatic rings. The number of rotatable bonds is 23. The Bertz CT molecular complexity index is 2350. The number of aliphatic hydroxyl groups is 2. The van der Waals surface area contributed by atoms with E-state index < -0.39 is 17.7 Å². The van der Waals surface area contributed by atoms with Crippen molar-refractivity contribution in [2.75, 3.05) is 19.8 Å². The summed E-state index contributed by atoms with van der Waals surface area (Å²) in [6, 6.07) is 28.3. The molecule has 2 fully saturated rings. The largest absolute Gasteiger partial charge is 0.459 e. The van der Waals surface area contributed by atoms with E-state index in [0.29, 0.717) is 53.7 Å². The van der Waals surface area contributed by atoms with Crippen LogP contribution in [0.2, 0.25) is 0 Å². The number of hydrogen-bond donors (Lipinski definition) is 2. The van der Waals surface area contributed by atoms with Gasteiger partial charge in [-0.25, -0.2) is 4.39 Å². The number of unbranched alkanes of at least 4 members (excludes halogenated alkanes) is 2. The van der Waals surface area contributed by atoms with Crippen LogP contribution in [0.4, 0.5) is 4.39 Å². The summed E-state index contributed by atoms with van der Waals surface area (Å²) in [5, 5.41) is 25.1. The van der Waals surface area contributed by atoms with Gasteiger partial charge in [0.2, 0.25) is 11.7 Å². The highest BCUT2D eigenvalue weighted by Gasteiger charge is 2.65. The molecule has 2 N–H and O–H groups in total.